The van der Waals surface area contributed by atoms with Crippen LogP contribution >= 0.6 is 0 Å². The van der Waals surface area contributed by atoms with Crippen LogP contribution < -0.4 is 9.30 Å². The molecule has 77 heavy (non-hydrogen) atoms. The third-order valence-electron chi connectivity index (χ3n) is 13.0. The van der Waals surface area contributed by atoms with E-state index < -0.39 is 237 Å². The minimum Gasteiger partial charge on any atom is -0.510 e. The number of hydrogen-bond acceptors (Lipinski definition) is 2. The number of pyridine rings is 1. The van der Waals surface area contributed by atoms with Gasteiger partial charge in [-0.05, 0) is 133 Å². The first-order valence-electron chi connectivity index (χ1n) is 46.1. The molecule has 0 saturated carbocycles. The summed E-state index contributed by atoms with van der Waals surface area (Å²) in [6.07, 6.45) is -15.4. The van der Waals surface area contributed by atoms with Gasteiger partial charge in [-0.25, -0.2) is 4.98 Å². The van der Waals surface area contributed by atoms with Crippen molar-refractivity contribution in [2.24, 2.45) is 0 Å². The molecule has 0 N–H and O–H groups in total. The van der Waals surface area contributed by atoms with Gasteiger partial charge in [-0.1, -0.05) is 187 Å². The minimum atomic E-state index is -4.90. The summed E-state index contributed by atoms with van der Waals surface area (Å²) in [4.78, 5) is 4.59. The van der Waals surface area contributed by atoms with Gasteiger partial charge < -0.3 is 13.9 Å². The molecule has 5 nitrogen and oxygen atoms in total. The number of aryl methyl sites for hydroxylation is 1. The van der Waals surface area contributed by atoms with E-state index in [0.29, 0.717) is 16.3 Å². The Balaban J connectivity index is 0.0000138. The van der Waals surface area contributed by atoms with Crippen LogP contribution in [0.25, 0.3) is 83.4 Å². The van der Waals surface area contributed by atoms with E-state index in [0.717, 1.165) is 33.5 Å². The molecule has 8 aromatic carbocycles. The second-order valence-electron chi connectivity index (χ2n) is 18.0. The molecule has 0 amide bonds. The van der Waals surface area contributed by atoms with Crippen molar-refractivity contribution in [2.45, 2.75) is 109 Å². The molecular weight excluding hydrogens is 1120 g/mol. The largest absolute Gasteiger partial charge is 0.510 e. The number of aromatic nitrogens is 4. The molecule has 2 aliphatic carbocycles. The molecule has 386 valence electrons. The van der Waals surface area contributed by atoms with Crippen LogP contribution in [0, 0.1) is 25.3 Å². The number of nitrogens with zero attached hydrogens (tertiary/aromatic N) is 4. The van der Waals surface area contributed by atoms with E-state index in [9.17, 15) is 19.2 Å². The Morgan fingerprint density at radius 2 is 1.19 bits per heavy atom. The Morgan fingerprint density at radius 1 is 0.584 bits per heavy atom. The van der Waals surface area contributed by atoms with Gasteiger partial charge in [-0.3, -0.25) is 4.57 Å². The van der Waals surface area contributed by atoms with Gasteiger partial charge in [0.15, 0.2) is 0 Å². The Kier molecular flexibility index (Phi) is 4.97. The maximum absolute atomic E-state index is 10.4. The molecule has 0 fully saturated rings. The molecule has 3 aromatic heterocycles. The summed E-state index contributed by atoms with van der Waals surface area (Å²) in [6, 6.07) is 15.0. The van der Waals surface area contributed by atoms with Crippen molar-refractivity contribution in [1.29, 1.82) is 0 Å². The van der Waals surface area contributed by atoms with Gasteiger partial charge in [0.2, 0.25) is 0 Å². The van der Waals surface area contributed by atoms with Crippen LogP contribution in [0.3, 0.4) is 0 Å². The molecular formula is C71H64N4OPt-2. The second-order valence-corrected chi connectivity index (χ2v) is 18.0. The van der Waals surface area contributed by atoms with Crippen LogP contribution in [0.1, 0.15) is 171 Å². The molecule has 6 heteroatoms. The molecule has 0 aliphatic heterocycles. The topological polar surface area (TPSA) is 35.9 Å². The van der Waals surface area contributed by atoms with E-state index in [1.165, 1.54) is 59.2 Å². The van der Waals surface area contributed by atoms with Crippen LogP contribution in [0.2, 0.25) is 0 Å². The number of benzene rings is 8. The fourth-order valence-corrected chi connectivity index (χ4v) is 9.49. The molecule has 11 aromatic rings. The Hall–Kier alpha value is -7.33. The van der Waals surface area contributed by atoms with Gasteiger partial charge in [0.05, 0.1) is 31.8 Å². The summed E-state index contributed by atoms with van der Waals surface area (Å²) in [5, 5.41) is 1.05. The van der Waals surface area contributed by atoms with Gasteiger partial charge in [-0.15, -0.1) is 29.7 Å². The first kappa shape index (κ1) is 20.5. The van der Waals surface area contributed by atoms with Crippen molar-refractivity contribution in [3.63, 3.8) is 0 Å². The van der Waals surface area contributed by atoms with E-state index in [4.69, 9.17) is 48.6 Å². The van der Waals surface area contributed by atoms with E-state index >= 15 is 0 Å². The monoisotopic (exact) mass is 1230 g/mol. The molecule has 13 rings (SSSR count). The van der Waals surface area contributed by atoms with Crippen molar-refractivity contribution in [1.82, 2.24) is 14.1 Å². The van der Waals surface area contributed by atoms with Gasteiger partial charge >= 0.3 is 0 Å². The minimum absolute atomic E-state index is 0. The predicted octanol–water partition coefficient (Wildman–Crippen LogP) is 17.6. The van der Waals surface area contributed by atoms with Crippen molar-refractivity contribution in [3.05, 3.63) is 222 Å². The molecule has 0 atom stereocenters. The van der Waals surface area contributed by atoms with E-state index in [2.05, 4.69) is 23.4 Å². The fraction of sp³-hybridized carbons (Fsp3) is 0.239. The Bertz CT molecular complexity index is 5950. The summed E-state index contributed by atoms with van der Waals surface area (Å²) in [6.45, 7) is -39.8. The summed E-state index contributed by atoms with van der Waals surface area (Å²) < 4.78 is 431. The number of para-hydroxylation sites is 4. The zero-order valence-electron chi connectivity index (χ0n) is 85.4. The summed E-state index contributed by atoms with van der Waals surface area (Å²) in [5.74, 6) is -0.337. The number of hydrogen-bond donors (Lipinski definition) is 0. The third kappa shape index (κ3) is 8.57. The van der Waals surface area contributed by atoms with Crippen molar-refractivity contribution in [3.8, 4) is 62.1 Å². The third-order valence-corrected chi connectivity index (χ3v) is 13.0. The van der Waals surface area contributed by atoms with E-state index in [1.807, 2.05) is 0 Å². The van der Waals surface area contributed by atoms with Crippen molar-refractivity contribution < 1.29 is 93.4 Å². The Labute approximate surface area is 533 Å². The molecule has 0 unspecified atom stereocenters. The molecule has 0 bridgehead atoms. The van der Waals surface area contributed by atoms with E-state index in [-0.39, 0.29) is 66.2 Å². The maximum Gasteiger partial charge on any atom is 0.268 e. The summed E-state index contributed by atoms with van der Waals surface area (Å²) >= 11 is 0. The number of imidazole rings is 1. The van der Waals surface area contributed by atoms with Gasteiger partial charge in [0.1, 0.15) is 5.82 Å². The average molecular weight is 1230 g/mol. The molecule has 0 radical (unpaired) electrons. The van der Waals surface area contributed by atoms with Gasteiger partial charge in [0.25, 0.3) is 6.33 Å². The average Bonchev–Trinajstić information content (AvgIpc) is 0.791. The normalized spacial score (nSPS) is 28.8. The number of rotatable bonds is 8. The smallest absolute Gasteiger partial charge is 0.268 e. The first-order chi connectivity index (χ1) is 55.4. The van der Waals surface area contributed by atoms with Crippen LogP contribution in [-0.4, -0.2) is 14.1 Å². The molecule has 3 heterocycles. The fourth-order valence-electron chi connectivity index (χ4n) is 9.49. The van der Waals surface area contributed by atoms with E-state index in [1.54, 1.807) is 30.3 Å². The SMILES string of the molecule is [2H]c1c([2H])c([2H])c(-c2cnc(-n3c4[c-]c(Oc5[c-]c(-n6[c-][n+](-c7c(-c8c([2H])c([2H])c9c(c8[2H])C(C([2H])([2H])[2H])(C([2H])([2H])[2H])C([2H])([2H])C([2H])([2H])C9(C([2H])([2H])[2H])C([2H])([2H])[2H])cccc7-c7c([2H])c([2H])c8c(c7[2H])C(C([2H])([2H])[2H])(C([2H])([2H])[2H])C([2H])([2H])C([2H])([2H])C8(C([2H])([2H])[2H])C([2H])([2H])[2H])c7ccccc76)ccc5)ccc4c4ccccc43)cc2C([2H])([2H])[2H])c([2H])c1[2H].[Pt]. The predicted molar refractivity (Wildman–Crippen MR) is 312 cm³/mol. The van der Waals surface area contributed by atoms with Crippen LogP contribution in [-0.2, 0) is 42.7 Å². The maximum atomic E-state index is 10.4. The van der Waals surface area contributed by atoms with Crippen LogP contribution in [0.15, 0.2) is 176 Å². The molecule has 0 spiro atoms. The first-order valence-corrected chi connectivity index (χ1v) is 23.1. The second kappa shape index (κ2) is 18.7. The number of ether oxygens (including phenoxy) is 1. The summed E-state index contributed by atoms with van der Waals surface area (Å²) in [7, 11) is 0. The zero-order chi connectivity index (χ0) is 91.5. The molecule has 2 aliphatic rings. The summed E-state index contributed by atoms with van der Waals surface area (Å²) in [5.41, 5.74) is -33.4. The van der Waals surface area contributed by atoms with Crippen LogP contribution in [0.4, 0.5) is 0 Å². The quantitative estimate of drug-likeness (QED) is 0.112. The molecule has 0 saturated heterocycles. The van der Waals surface area contributed by atoms with Gasteiger partial charge in [-0.2, -0.15) is 18.2 Å². The van der Waals surface area contributed by atoms with Crippen LogP contribution in [0.5, 0.6) is 11.5 Å². The zero-order valence-corrected chi connectivity index (χ0v) is 41.7. The number of fused-ring (bicyclic) bond motifs is 6. The Morgan fingerprint density at radius 3 is 1.86 bits per heavy atom. The van der Waals surface area contributed by atoms with Crippen molar-refractivity contribution >= 4 is 32.8 Å². The standard InChI is InChI=1S/C71H64N4O.Pt/c1-46-39-66(72-44-57(46)47-19-11-10-12-20-47)75-62-26-14-13-23-55(62)56-32-31-52(43-65(56)75)76-51-22-17-21-50(42-51)73-45-74(64-28-16-15-27-63(64)73)67-53(48-29-33-58-60(40-48)70(6,7)37-35-68(58,2)3)24-18-25-54(67)49-30-34-59-61(41-49)71(8,9)38-36-69(59,4)5;/h10-34,39-41,44H,35-38H2,1-9H3;/q-2;/i1D3,2D3,3D3,4D3,5D3,6D3,7D3,8D3,9D3,10D,11D,12D,19D,20D,29D,30D,33D,34D,35D2,36D2,37D2,38D2,40D,41D;. The van der Waals surface area contributed by atoms with Gasteiger partial charge in [0, 0.05) is 97.8 Å². The van der Waals surface area contributed by atoms with Crippen molar-refractivity contribution in [2.75, 3.05) is 0 Å².